The SMILES string of the molecule is Cc1ccc(CNC(C)Cc2ccccc2C)c(C)c1. The molecule has 0 aliphatic carbocycles. The monoisotopic (exact) mass is 267 g/mol. The summed E-state index contributed by atoms with van der Waals surface area (Å²) in [6, 6.07) is 15.8. The van der Waals surface area contributed by atoms with E-state index in [1.807, 2.05) is 0 Å². The van der Waals surface area contributed by atoms with E-state index in [1.165, 1.54) is 27.8 Å². The quantitative estimate of drug-likeness (QED) is 0.850. The molecule has 0 spiro atoms. The zero-order valence-electron chi connectivity index (χ0n) is 13.0. The summed E-state index contributed by atoms with van der Waals surface area (Å²) in [6.07, 6.45) is 1.08. The van der Waals surface area contributed by atoms with Crippen molar-refractivity contribution < 1.29 is 0 Å². The highest BCUT2D eigenvalue weighted by molar-refractivity contribution is 5.30. The summed E-state index contributed by atoms with van der Waals surface area (Å²) in [4.78, 5) is 0. The van der Waals surface area contributed by atoms with Crippen LogP contribution in [0.4, 0.5) is 0 Å². The van der Waals surface area contributed by atoms with Crippen molar-refractivity contribution in [1.82, 2.24) is 5.32 Å². The second-order valence-electron chi connectivity index (χ2n) is 5.84. The Balaban J connectivity index is 1.92. The Labute approximate surface area is 123 Å². The van der Waals surface area contributed by atoms with Gasteiger partial charge in [-0.2, -0.15) is 0 Å². The third-order valence-electron chi connectivity index (χ3n) is 3.93. The van der Waals surface area contributed by atoms with Crippen molar-refractivity contribution >= 4 is 0 Å². The van der Waals surface area contributed by atoms with Crippen LogP contribution >= 0.6 is 0 Å². The van der Waals surface area contributed by atoms with Crippen LogP contribution < -0.4 is 5.32 Å². The third kappa shape index (κ3) is 3.94. The summed E-state index contributed by atoms with van der Waals surface area (Å²) < 4.78 is 0. The van der Waals surface area contributed by atoms with Gasteiger partial charge in [0.1, 0.15) is 0 Å². The second kappa shape index (κ2) is 6.71. The van der Waals surface area contributed by atoms with Crippen molar-refractivity contribution in [3.8, 4) is 0 Å². The van der Waals surface area contributed by atoms with Gasteiger partial charge in [0.2, 0.25) is 0 Å². The summed E-state index contributed by atoms with van der Waals surface area (Å²) in [5.41, 5.74) is 6.92. The number of nitrogens with one attached hydrogen (secondary N) is 1. The molecule has 1 nitrogen and oxygen atoms in total. The number of benzene rings is 2. The first kappa shape index (κ1) is 14.8. The molecule has 20 heavy (non-hydrogen) atoms. The highest BCUT2D eigenvalue weighted by atomic mass is 14.9. The van der Waals surface area contributed by atoms with Crippen LogP contribution in [0.2, 0.25) is 0 Å². The highest BCUT2D eigenvalue weighted by Gasteiger charge is 2.06. The van der Waals surface area contributed by atoms with E-state index in [-0.39, 0.29) is 0 Å². The number of hydrogen-bond donors (Lipinski definition) is 1. The Hall–Kier alpha value is -1.60. The van der Waals surface area contributed by atoms with Gasteiger partial charge >= 0.3 is 0 Å². The van der Waals surface area contributed by atoms with Gasteiger partial charge in [-0.25, -0.2) is 0 Å². The van der Waals surface area contributed by atoms with Gasteiger partial charge in [-0.15, -0.1) is 0 Å². The lowest BCUT2D eigenvalue weighted by Crippen LogP contribution is -2.28. The fourth-order valence-electron chi connectivity index (χ4n) is 2.57. The molecule has 0 fully saturated rings. The molecule has 106 valence electrons. The first-order valence-electron chi connectivity index (χ1n) is 7.40. The molecule has 1 atom stereocenters. The Kier molecular flexibility index (Phi) is 4.97. The van der Waals surface area contributed by atoms with Gasteiger partial charge in [0, 0.05) is 12.6 Å². The van der Waals surface area contributed by atoms with Crippen LogP contribution in [0.1, 0.15) is 34.7 Å². The topological polar surface area (TPSA) is 12.0 Å². The summed E-state index contributed by atoms with van der Waals surface area (Å²) in [5, 5.41) is 3.63. The Morgan fingerprint density at radius 2 is 1.65 bits per heavy atom. The predicted octanol–water partition coefficient (Wildman–Crippen LogP) is 4.33. The molecular formula is C19H25N. The minimum atomic E-state index is 0.483. The molecule has 0 aromatic heterocycles. The van der Waals surface area contributed by atoms with E-state index in [4.69, 9.17) is 0 Å². The van der Waals surface area contributed by atoms with Gasteiger partial charge in [-0.05, 0) is 56.4 Å². The molecule has 0 bridgehead atoms. The van der Waals surface area contributed by atoms with Crippen LogP contribution in [0, 0.1) is 20.8 Å². The lowest BCUT2D eigenvalue weighted by Gasteiger charge is -2.16. The zero-order chi connectivity index (χ0) is 14.5. The van der Waals surface area contributed by atoms with Crippen LogP contribution in [-0.2, 0) is 13.0 Å². The predicted molar refractivity (Wildman–Crippen MR) is 87.1 cm³/mol. The first-order chi connectivity index (χ1) is 9.56. The molecule has 0 saturated heterocycles. The van der Waals surface area contributed by atoms with Crippen molar-refractivity contribution in [2.75, 3.05) is 0 Å². The van der Waals surface area contributed by atoms with E-state index in [1.54, 1.807) is 0 Å². The summed E-state index contributed by atoms with van der Waals surface area (Å²) >= 11 is 0. The van der Waals surface area contributed by atoms with Gasteiger partial charge in [0.25, 0.3) is 0 Å². The van der Waals surface area contributed by atoms with Crippen LogP contribution in [0.15, 0.2) is 42.5 Å². The molecule has 0 amide bonds. The van der Waals surface area contributed by atoms with E-state index in [0.717, 1.165) is 13.0 Å². The van der Waals surface area contributed by atoms with E-state index in [0.29, 0.717) is 6.04 Å². The Morgan fingerprint density at radius 3 is 2.35 bits per heavy atom. The zero-order valence-corrected chi connectivity index (χ0v) is 13.0. The summed E-state index contributed by atoms with van der Waals surface area (Å²) in [6.45, 7) is 9.72. The number of rotatable bonds is 5. The Bertz CT molecular complexity index is 572. The Morgan fingerprint density at radius 1 is 0.900 bits per heavy atom. The molecule has 1 N–H and O–H groups in total. The molecule has 2 aromatic rings. The van der Waals surface area contributed by atoms with Gasteiger partial charge in [-0.1, -0.05) is 48.0 Å². The maximum atomic E-state index is 3.63. The molecule has 1 unspecified atom stereocenters. The van der Waals surface area contributed by atoms with Crippen molar-refractivity contribution in [3.63, 3.8) is 0 Å². The van der Waals surface area contributed by atoms with Crippen molar-refractivity contribution in [1.29, 1.82) is 0 Å². The second-order valence-corrected chi connectivity index (χ2v) is 5.84. The third-order valence-corrected chi connectivity index (χ3v) is 3.93. The summed E-state index contributed by atoms with van der Waals surface area (Å²) in [5.74, 6) is 0. The molecule has 2 aromatic carbocycles. The van der Waals surface area contributed by atoms with Crippen LogP contribution in [0.25, 0.3) is 0 Å². The molecule has 0 radical (unpaired) electrons. The average Bonchev–Trinajstić information content (AvgIpc) is 2.40. The molecule has 2 rings (SSSR count). The highest BCUT2D eigenvalue weighted by Crippen LogP contribution is 2.12. The van der Waals surface area contributed by atoms with Crippen molar-refractivity contribution in [3.05, 3.63) is 70.3 Å². The minimum Gasteiger partial charge on any atom is -0.310 e. The number of aryl methyl sites for hydroxylation is 3. The van der Waals surface area contributed by atoms with Crippen LogP contribution in [0.3, 0.4) is 0 Å². The fourth-order valence-corrected chi connectivity index (χ4v) is 2.57. The maximum absolute atomic E-state index is 3.63. The van der Waals surface area contributed by atoms with Crippen LogP contribution in [0.5, 0.6) is 0 Å². The van der Waals surface area contributed by atoms with Crippen molar-refractivity contribution in [2.24, 2.45) is 0 Å². The molecule has 0 aliphatic heterocycles. The first-order valence-corrected chi connectivity index (χ1v) is 7.40. The lowest BCUT2D eigenvalue weighted by molar-refractivity contribution is 0.543. The largest absolute Gasteiger partial charge is 0.310 e. The van der Waals surface area contributed by atoms with E-state index in [2.05, 4.69) is 75.5 Å². The molecule has 1 heteroatoms. The average molecular weight is 267 g/mol. The van der Waals surface area contributed by atoms with Gasteiger partial charge in [0.15, 0.2) is 0 Å². The van der Waals surface area contributed by atoms with Gasteiger partial charge < -0.3 is 5.32 Å². The van der Waals surface area contributed by atoms with Crippen LogP contribution in [-0.4, -0.2) is 6.04 Å². The maximum Gasteiger partial charge on any atom is 0.0210 e. The smallest absolute Gasteiger partial charge is 0.0210 e. The van der Waals surface area contributed by atoms with E-state index < -0.39 is 0 Å². The molecule has 0 saturated carbocycles. The standard InChI is InChI=1S/C19H25N/c1-14-9-10-19(16(3)11-14)13-20-17(4)12-18-8-6-5-7-15(18)2/h5-11,17,20H,12-13H2,1-4H3. The molecule has 0 heterocycles. The fraction of sp³-hybridized carbons (Fsp3) is 0.368. The molecular weight excluding hydrogens is 242 g/mol. The van der Waals surface area contributed by atoms with Crippen molar-refractivity contribution in [2.45, 2.75) is 46.7 Å². The normalized spacial score (nSPS) is 12.4. The van der Waals surface area contributed by atoms with Gasteiger partial charge in [0.05, 0.1) is 0 Å². The van der Waals surface area contributed by atoms with Gasteiger partial charge in [-0.3, -0.25) is 0 Å². The summed E-state index contributed by atoms with van der Waals surface area (Å²) in [7, 11) is 0. The van der Waals surface area contributed by atoms with E-state index in [9.17, 15) is 0 Å². The lowest BCUT2D eigenvalue weighted by atomic mass is 10.0. The number of hydrogen-bond acceptors (Lipinski definition) is 1. The van der Waals surface area contributed by atoms with E-state index >= 15 is 0 Å². The minimum absolute atomic E-state index is 0.483. The molecule has 0 aliphatic rings.